The lowest BCUT2D eigenvalue weighted by Gasteiger charge is -2.38. The molecule has 1 saturated heterocycles. The van der Waals surface area contributed by atoms with E-state index < -0.39 is 0 Å². The van der Waals surface area contributed by atoms with E-state index in [1.807, 2.05) is 0 Å². The van der Waals surface area contributed by atoms with Gasteiger partial charge in [0.15, 0.2) is 0 Å². The molecule has 0 bridgehead atoms. The molecule has 0 aromatic rings. The molecule has 0 aromatic carbocycles. The highest BCUT2D eigenvalue weighted by Gasteiger charge is 2.25. The van der Waals surface area contributed by atoms with Crippen LogP contribution in [0.5, 0.6) is 0 Å². The summed E-state index contributed by atoms with van der Waals surface area (Å²) in [7, 11) is 0. The number of piperidine rings is 1. The Balaban J connectivity index is 2.24. The summed E-state index contributed by atoms with van der Waals surface area (Å²) >= 11 is 0. The molecule has 1 amide bonds. The Morgan fingerprint density at radius 3 is 2.47 bits per heavy atom. The zero-order valence-corrected chi connectivity index (χ0v) is 11.2. The molecule has 17 heavy (non-hydrogen) atoms. The second-order valence-corrected chi connectivity index (χ2v) is 5.17. The number of hydrogen-bond donors (Lipinski definition) is 2. The molecule has 0 spiro atoms. The van der Waals surface area contributed by atoms with Gasteiger partial charge in [0.25, 0.3) is 0 Å². The summed E-state index contributed by atoms with van der Waals surface area (Å²) in [5.74, 6) is 0.155. The normalized spacial score (nSPS) is 25.8. The average Bonchev–Trinajstić information content (AvgIpc) is 2.30. The van der Waals surface area contributed by atoms with Gasteiger partial charge in [-0.15, -0.1) is 0 Å². The highest BCUT2D eigenvalue weighted by Crippen LogP contribution is 2.20. The van der Waals surface area contributed by atoms with Crippen LogP contribution in [0.4, 0.5) is 0 Å². The van der Waals surface area contributed by atoms with Crippen LogP contribution in [0.2, 0.25) is 0 Å². The summed E-state index contributed by atoms with van der Waals surface area (Å²) in [6.07, 6.45) is 7.26. The van der Waals surface area contributed by atoms with E-state index >= 15 is 0 Å². The van der Waals surface area contributed by atoms with Crippen molar-refractivity contribution in [3.05, 3.63) is 0 Å². The topological polar surface area (TPSA) is 58.4 Å². The van der Waals surface area contributed by atoms with Crippen LogP contribution in [-0.2, 0) is 4.79 Å². The first kappa shape index (κ1) is 14.5. The minimum atomic E-state index is 0.155. The van der Waals surface area contributed by atoms with Gasteiger partial charge in [0.05, 0.1) is 0 Å². The number of amides is 1. The second kappa shape index (κ2) is 7.67. The van der Waals surface area contributed by atoms with Crippen molar-refractivity contribution in [2.24, 2.45) is 5.73 Å². The van der Waals surface area contributed by atoms with Gasteiger partial charge in [0.1, 0.15) is 0 Å². The first-order valence-electron chi connectivity index (χ1n) is 6.93. The van der Waals surface area contributed by atoms with Crippen molar-refractivity contribution in [3.63, 3.8) is 0 Å². The summed E-state index contributed by atoms with van der Waals surface area (Å²) in [5, 5.41) is 2.13. The number of nitrogens with zero attached hydrogens (tertiary/aromatic N) is 1. The van der Waals surface area contributed by atoms with E-state index in [0.29, 0.717) is 18.5 Å². The minimum Gasteiger partial charge on any atom is -0.330 e. The molecule has 3 N–H and O–H groups in total. The van der Waals surface area contributed by atoms with Crippen molar-refractivity contribution in [3.8, 4) is 0 Å². The zero-order chi connectivity index (χ0) is 12.7. The fourth-order valence-electron chi connectivity index (χ4n) is 2.45. The monoisotopic (exact) mass is 241 g/mol. The maximum atomic E-state index is 11.8. The molecule has 1 fully saturated rings. The smallest absolute Gasteiger partial charge is 0.234 e. The fraction of sp³-hybridized carbons (Fsp3) is 0.923. The van der Waals surface area contributed by atoms with Gasteiger partial charge in [0.2, 0.25) is 5.91 Å². The number of carbonyl (C=O) groups is 1. The number of carbonyl (C=O) groups excluding carboxylic acids is 1. The highest BCUT2D eigenvalue weighted by atomic mass is 16.2. The molecule has 0 saturated carbocycles. The van der Waals surface area contributed by atoms with Crippen LogP contribution >= 0.6 is 0 Å². The van der Waals surface area contributed by atoms with Gasteiger partial charge >= 0.3 is 0 Å². The average molecular weight is 241 g/mol. The predicted molar refractivity (Wildman–Crippen MR) is 70.3 cm³/mol. The maximum absolute atomic E-state index is 11.8. The van der Waals surface area contributed by atoms with Gasteiger partial charge in [-0.1, -0.05) is 12.8 Å². The Morgan fingerprint density at radius 2 is 1.88 bits per heavy atom. The van der Waals surface area contributed by atoms with Crippen LogP contribution in [-0.4, -0.2) is 29.5 Å². The van der Waals surface area contributed by atoms with Crippen molar-refractivity contribution in [1.29, 1.82) is 0 Å². The third-order valence-corrected chi connectivity index (χ3v) is 3.56. The summed E-state index contributed by atoms with van der Waals surface area (Å²) in [6, 6.07) is 0.929. The van der Waals surface area contributed by atoms with Gasteiger partial charge in [-0.2, -0.15) is 0 Å². The zero-order valence-electron chi connectivity index (χ0n) is 11.2. The molecular formula is C13H27N3O. The summed E-state index contributed by atoms with van der Waals surface area (Å²) in [5.41, 5.74) is 8.48. The third-order valence-electron chi connectivity index (χ3n) is 3.56. The van der Waals surface area contributed by atoms with Crippen LogP contribution in [0.15, 0.2) is 0 Å². The van der Waals surface area contributed by atoms with Crippen molar-refractivity contribution in [2.45, 2.75) is 70.9 Å². The van der Waals surface area contributed by atoms with E-state index in [-0.39, 0.29) is 5.91 Å². The summed E-state index contributed by atoms with van der Waals surface area (Å²) < 4.78 is 0. The largest absolute Gasteiger partial charge is 0.330 e. The quantitative estimate of drug-likeness (QED) is 0.697. The first-order chi connectivity index (χ1) is 8.15. The molecule has 2 unspecified atom stereocenters. The Bertz CT molecular complexity index is 223. The van der Waals surface area contributed by atoms with E-state index in [9.17, 15) is 4.79 Å². The van der Waals surface area contributed by atoms with E-state index in [1.54, 1.807) is 0 Å². The van der Waals surface area contributed by atoms with Gasteiger partial charge < -0.3 is 5.73 Å². The lowest BCUT2D eigenvalue weighted by atomic mass is 10.00. The number of unbranched alkanes of at least 4 members (excludes halogenated alkanes) is 2. The molecular weight excluding hydrogens is 214 g/mol. The summed E-state index contributed by atoms with van der Waals surface area (Å²) in [6.45, 7) is 5.09. The van der Waals surface area contributed by atoms with E-state index in [2.05, 4.69) is 24.3 Å². The van der Waals surface area contributed by atoms with Crippen molar-refractivity contribution < 1.29 is 4.79 Å². The van der Waals surface area contributed by atoms with Crippen LogP contribution in [0.1, 0.15) is 58.8 Å². The van der Waals surface area contributed by atoms with Gasteiger partial charge in [-0.25, -0.2) is 5.01 Å². The fourth-order valence-corrected chi connectivity index (χ4v) is 2.45. The number of rotatable bonds is 6. The highest BCUT2D eigenvalue weighted by molar-refractivity contribution is 5.75. The molecule has 0 aliphatic carbocycles. The number of nitrogens with two attached hydrogens (primary N) is 1. The Labute approximate surface area is 105 Å². The Morgan fingerprint density at radius 1 is 1.24 bits per heavy atom. The molecule has 1 heterocycles. The standard InChI is InChI=1S/C13H27N3O/c1-11-7-6-8-12(2)16(11)15-13(17)9-4-3-5-10-14/h11-12H,3-10,14H2,1-2H3,(H,15,17). The molecule has 0 aromatic heterocycles. The number of hydrazine groups is 1. The van der Waals surface area contributed by atoms with Gasteiger partial charge in [-0.05, 0) is 46.1 Å². The molecule has 4 heteroatoms. The Kier molecular flexibility index (Phi) is 6.52. The molecule has 0 radical (unpaired) electrons. The van der Waals surface area contributed by atoms with Crippen LogP contribution in [0.3, 0.4) is 0 Å². The molecule has 1 aliphatic rings. The summed E-state index contributed by atoms with van der Waals surface area (Å²) in [4.78, 5) is 11.8. The molecule has 1 rings (SSSR count). The van der Waals surface area contributed by atoms with E-state index in [0.717, 1.165) is 25.8 Å². The third kappa shape index (κ3) is 5.04. The Hall–Kier alpha value is -0.610. The van der Waals surface area contributed by atoms with Crippen LogP contribution in [0.25, 0.3) is 0 Å². The second-order valence-electron chi connectivity index (χ2n) is 5.17. The SMILES string of the molecule is CC1CCCC(C)N1NC(=O)CCCCCN. The number of nitrogens with one attached hydrogen (secondary N) is 1. The van der Waals surface area contributed by atoms with Gasteiger partial charge in [0, 0.05) is 18.5 Å². The predicted octanol–water partition coefficient (Wildman–Crippen LogP) is 1.80. The van der Waals surface area contributed by atoms with Crippen molar-refractivity contribution in [2.75, 3.05) is 6.54 Å². The van der Waals surface area contributed by atoms with Crippen LogP contribution in [0, 0.1) is 0 Å². The van der Waals surface area contributed by atoms with Crippen LogP contribution < -0.4 is 11.2 Å². The molecule has 100 valence electrons. The van der Waals surface area contributed by atoms with E-state index in [1.165, 1.54) is 19.3 Å². The first-order valence-corrected chi connectivity index (χ1v) is 6.93. The van der Waals surface area contributed by atoms with Crippen molar-refractivity contribution in [1.82, 2.24) is 10.4 Å². The molecule has 1 aliphatic heterocycles. The lowest BCUT2D eigenvalue weighted by molar-refractivity contribution is -0.129. The number of hydrogen-bond acceptors (Lipinski definition) is 3. The van der Waals surface area contributed by atoms with Crippen molar-refractivity contribution >= 4 is 5.91 Å². The maximum Gasteiger partial charge on any atom is 0.234 e. The molecule has 2 atom stereocenters. The molecule has 4 nitrogen and oxygen atoms in total. The minimum absolute atomic E-state index is 0.155. The van der Waals surface area contributed by atoms with E-state index in [4.69, 9.17) is 5.73 Å². The lowest BCUT2D eigenvalue weighted by Crippen LogP contribution is -2.54. The van der Waals surface area contributed by atoms with Gasteiger partial charge in [-0.3, -0.25) is 10.2 Å².